The van der Waals surface area contributed by atoms with Crippen molar-refractivity contribution in [1.82, 2.24) is 0 Å². The number of aryl methyl sites for hydroxylation is 1. The Morgan fingerprint density at radius 2 is 2.25 bits per heavy atom. The first-order valence-electron chi connectivity index (χ1n) is 5.24. The molecule has 0 aliphatic heterocycles. The minimum absolute atomic E-state index is 0.323. The number of thiol groups is 1. The van der Waals surface area contributed by atoms with Gasteiger partial charge in [-0.15, -0.1) is 24.2 Å². The molecule has 0 atom stereocenters. The van der Waals surface area contributed by atoms with E-state index in [1.807, 2.05) is 12.1 Å². The lowest BCUT2D eigenvalue weighted by Gasteiger charge is -2.06. The van der Waals surface area contributed by atoms with Crippen LogP contribution in [0.2, 0.25) is 0 Å². The van der Waals surface area contributed by atoms with Gasteiger partial charge in [0.05, 0.1) is 12.2 Å². The second kappa shape index (κ2) is 6.81. The van der Waals surface area contributed by atoms with Crippen molar-refractivity contribution in [3.8, 4) is 0 Å². The molecule has 0 saturated heterocycles. The van der Waals surface area contributed by atoms with Gasteiger partial charge in [-0.2, -0.15) is 0 Å². The smallest absolute Gasteiger partial charge is 0.339 e. The van der Waals surface area contributed by atoms with Gasteiger partial charge < -0.3 is 4.74 Å². The molecule has 1 rings (SSSR count). The fourth-order valence-corrected chi connectivity index (χ4v) is 1.85. The first-order valence-corrected chi connectivity index (χ1v) is 6.22. The molecule has 0 bridgehead atoms. The Kier molecular flexibility index (Phi) is 5.71. The zero-order valence-corrected chi connectivity index (χ0v) is 10.9. The molecule has 2 nitrogen and oxygen atoms in total. The molecule has 0 amide bonds. The van der Waals surface area contributed by atoms with Crippen LogP contribution in [-0.2, 0) is 11.2 Å². The molecule has 0 unspecified atom stereocenters. The number of carbonyl (C=O) groups excluding carboxylic acids is 1. The van der Waals surface area contributed by atoms with Crippen LogP contribution in [0.1, 0.15) is 29.3 Å². The summed E-state index contributed by atoms with van der Waals surface area (Å²) in [6.45, 7) is 2.16. The van der Waals surface area contributed by atoms with Crippen LogP contribution in [0.15, 0.2) is 23.1 Å². The summed E-state index contributed by atoms with van der Waals surface area (Å²) in [5.74, 6) is 0.318. The standard InChI is InChI=1S/C12H15ClO2S/c1-2-15-12(14)10-6-5-9(4-3-7-13)8-11(10)16/h5-6,8,16H,2-4,7H2,1H3. The highest BCUT2D eigenvalue weighted by Gasteiger charge is 2.10. The molecule has 16 heavy (non-hydrogen) atoms. The molecule has 0 radical (unpaired) electrons. The molecule has 0 aliphatic carbocycles. The third-order valence-electron chi connectivity index (χ3n) is 2.16. The van der Waals surface area contributed by atoms with Gasteiger partial charge in [-0.1, -0.05) is 6.07 Å². The van der Waals surface area contributed by atoms with Crippen LogP contribution in [0.4, 0.5) is 0 Å². The fourth-order valence-electron chi connectivity index (χ4n) is 1.39. The lowest BCUT2D eigenvalue weighted by molar-refractivity contribution is 0.0522. The molecular formula is C12H15ClO2S. The van der Waals surface area contributed by atoms with Crippen LogP contribution in [0.25, 0.3) is 0 Å². The molecule has 0 aliphatic rings. The van der Waals surface area contributed by atoms with Crippen LogP contribution in [0.5, 0.6) is 0 Å². The number of hydrogen-bond donors (Lipinski definition) is 1. The number of halogens is 1. The molecule has 0 spiro atoms. The topological polar surface area (TPSA) is 26.3 Å². The van der Waals surface area contributed by atoms with E-state index < -0.39 is 0 Å². The lowest BCUT2D eigenvalue weighted by Crippen LogP contribution is -2.06. The third-order valence-corrected chi connectivity index (χ3v) is 2.79. The van der Waals surface area contributed by atoms with Crippen molar-refractivity contribution in [1.29, 1.82) is 0 Å². The monoisotopic (exact) mass is 258 g/mol. The summed E-state index contributed by atoms with van der Waals surface area (Å²) in [6.07, 6.45) is 1.83. The van der Waals surface area contributed by atoms with E-state index in [-0.39, 0.29) is 5.97 Å². The van der Waals surface area contributed by atoms with Gasteiger partial charge in [0.15, 0.2) is 0 Å². The molecular weight excluding hydrogens is 244 g/mol. The maximum absolute atomic E-state index is 11.5. The highest BCUT2D eigenvalue weighted by atomic mass is 35.5. The van der Waals surface area contributed by atoms with Gasteiger partial charge in [-0.05, 0) is 37.5 Å². The maximum Gasteiger partial charge on any atom is 0.339 e. The average Bonchev–Trinajstić information content (AvgIpc) is 2.26. The largest absolute Gasteiger partial charge is 0.462 e. The van der Waals surface area contributed by atoms with Crippen molar-refractivity contribution in [2.45, 2.75) is 24.7 Å². The minimum atomic E-state index is -0.323. The van der Waals surface area contributed by atoms with Gasteiger partial charge >= 0.3 is 5.97 Å². The first-order chi connectivity index (χ1) is 7.69. The molecule has 0 saturated carbocycles. The second-order valence-corrected chi connectivity index (χ2v) is 4.22. The number of benzene rings is 1. The summed E-state index contributed by atoms with van der Waals surface area (Å²) in [4.78, 5) is 12.2. The summed E-state index contributed by atoms with van der Waals surface area (Å²) in [5, 5.41) is 0. The number of alkyl halides is 1. The van der Waals surface area contributed by atoms with Gasteiger partial charge in [-0.25, -0.2) is 4.79 Å². The third kappa shape index (κ3) is 3.72. The van der Waals surface area contributed by atoms with E-state index in [2.05, 4.69) is 12.6 Å². The number of rotatable bonds is 5. The summed E-state index contributed by atoms with van der Waals surface area (Å²) in [7, 11) is 0. The van der Waals surface area contributed by atoms with Crippen LogP contribution in [0, 0.1) is 0 Å². The van der Waals surface area contributed by atoms with Crippen molar-refractivity contribution < 1.29 is 9.53 Å². The Morgan fingerprint density at radius 1 is 1.50 bits per heavy atom. The highest BCUT2D eigenvalue weighted by Crippen LogP contribution is 2.18. The predicted molar refractivity (Wildman–Crippen MR) is 68.7 cm³/mol. The molecule has 1 aromatic carbocycles. The minimum Gasteiger partial charge on any atom is -0.462 e. The van der Waals surface area contributed by atoms with Crippen LogP contribution < -0.4 is 0 Å². The van der Waals surface area contributed by atoms with Crippen molar-refractivity contribution in [2.75, 3.05) is 12.5 Å². The Balaban J connectivity index is 2.78. The Hall–Kier alpha value is -0.670. The van der Waals surface area contributed by atoms with E-state index in [0.29, 0.717) is 22.9 Å². The van der Waals surface area contributed by atoms with E-state index in [0.717, 1.165) is 18.4 Å². The lowest BCUT2D eigenvalue weighted by atomic mass is 10.1. The Morgan fingerprint density at radius 3 is 2.81 bits per heavy atom. The van der Waals surface area contributed by atoms with Gasteiger partial charge in [0.1, 0.15) is 0 Å². The van der Waals surface area contributed by atoms with E-state index in [9.17, 15) is 4.79 Å². The van der Waals surface area contributed by atoms with Crippen LogP contribution in [0.3, 0.4) is 0 Å². The average molecular weight is 259 g/mol. The summed E-state index contributed by atoms with van der Waals surface area (Å²) in [6, 6.07) is 5.56. The van der Waals surface area contributed by atoms with Gasteiger partial charge in [0.2, 0.25) is 0 Å². The number of carbonyl (C=O) groups is 1. The molecule has 0 N–H and O–H groups in total. The normalized spacial score (nSPS) is 10.2. The Bertz CT molecular complexity index is 366. The number of hydrogen-bond acceptors (Lipinski definition) is 3. The van der Waals surface area contributed by atoms with Gasteiger partial charge in [-0.3, -0.25) is 0 Å². The molecule has 1 aromatic rings. The van der Waals surface area contributed by atoms with E-state index in [4.69, 9.17) is 16.3 Å². The molecule has 0 aromatic heterocycles. The van der Waals surface area contributed by atoms with E-state index >= 15 is 0 Å². The molecule has 0 fully saturated rings. The zero-order chi connectivity index (χ0) is 12.0. The highest BCUT2D eigenvalue weighted by molar-refractivity contribution is 7.80. The van der Waals surface area contributed by atoms with E-state index in [1.165, 1.54) is 0 Å². The van der Waals surface area contributed by atoms with Crippen LogP contribution in [-0.4, -0.2) is 18.5 Å². The summed E-state index contributed by atoms with van der Waals surface area (Å²) >= 11 is 9.91. The van der Waals surface area contributed by atoms with Crippen molar-refractivity contribution in [3.63, 3.8) is 0 Å². The second-order valence-electron chi connectivity index (χ2n) is 3.36. The number of ether oxygens (including phenoxy) is 1. The maximum atomic E-state index is 11.5. The summed E-state index contributed by atoms with van der Waals surface area (Å²) in [5.41, 5.74) is 1.65. The quantitative estimate of drug-likeness (QED) is 0.498. The van der Waals surface area contributed by atoms with Crippen molar-refractivity contribution in [3.05, 3.63) is 29.3 Å². The summed E-state index contributed by atoms with van der Waals surface area (Å²) < 4.78 is 4.92. The zero-order valence-electron chi connectivity index (χ0n) is 9.20. The van der Waals surface area contributed by atoms with Crippen molar-refractivity contribution in [2.24, 2.45) is 0 Å². The number of esters is 1. The first kappa shape index (κ1) is 13.4. The van der Waals surface area contributed by atoms with Gasteiger partial charge in [0.25, 0.3) is 0 Å². The van der Waals surface area contributed by atoms with Crippen LogP contribution >= 0.6 is 24.2 Å². The van der Waals surface area contributed by atoms with Crippen molar-refractivity contribution >= 4 is 30.2 Å². The van der Waals surface area contributed by atoms with E-state index in [1.54, 1.807) is 13.0 Å². The fraction of sp³-hybridized carbons (Fsp3) is 0.417. The molecule has 0 heterocycles. The van der Waals surface area contributed by atoms with Gasteiger partial charge in [0, 0.05) is 10.8 Å². The SMILES string of the molecule is CCOC(=O)c1ccc(CCCCl)cc1S. The molecule has 88 valence electrons. The molecule has 4 heteroatoms. The predicted octanol–water partition coefficient (Wildman–Crippen LogP) is 3.32. The Labute approximate surface area is 106 Å².